The fraction of sp³-hybridized carbons (Fsp3) is 0.300. The smallest absolute Gasteiger partial charge is 0.0423 e. The van der Waals surface area contributed by atoms with E-state index >= 15 is 0 Å². The van der Waals surface area contributed by atoms with Gasteiger partial charge in [0, 0.05) is 17.9 Å². The number of nitrogens with zero attached hydrogens (tertiary/aromatic N) is 1. The molecule has 2 N–H and O–H groups in total. The van der Waals surface area contributed by atoms with Crippen LogP contribution in [-0.4, -0.2) is 4.98 Å². The van der Waals surface area contributed by atoms with Crippen molar-refractivity contribution in [2.45, 2.75) is 18.9 Å². The van der Waals surface area contributed by atoms with Gasteiger partial charge in [-0.3, -0.25) is 4.98 Å². The number of fused-ring (bicyclic) bond motifs is 1. The summed E-state index contributed by atoms with van der Waals surface area (Å²) in [5.74, 6) is 0. The fourth-order valence-corrected chi connectivity index (χ4v) is 1.60. The number of hydrogen-bond donors (Lipinski definition) is 1. The summed E-state index contributed by atoms with van der Waals surface area (Å²) in [7, 11) is 0. The predicted octanol–water partition coefficient (Wildman–Crippen LogP) is 1.67. The molecule has 2 rings (SSSR count). The van der Waals surface area contributed by atoms with E-state index < -0.39 is 0 Å². The molecule has 0 aliphatic heterocycles. The average molecular weight is 160 g/mol. The number of nitrogens with two attached hydrogens (primary N) is 1. The van der Waals surface area contributed by atoms with Gasteiger partial charge >= 0.3 is 0 Å². The van der Waals surface area contributed by atoms with E-state index in [1.165, 1.54) is 5.56 Å². The molecule has 2 heteroatoms. The van der Waals surface area contributed by atoms with E-state index in [-0.39, 0.29) is 5.54 Å². The Balaban J connectivity index is 2.60. The maximum Gasteiger partial charge on any atom is 0.0423 e. The molecule has 0 aromatic carbocycles. The van der Waals surface area contributed by atoms with Gasteiger partial charge in [-0.25, -0.2) is 0 Å². The van der Waals surface area contributed by atoms with Gasteiger partial charge in [0.2, 0.25) is 0 Å². The van der Waals surface area contributed by atoms with E-state index in [9.17, 15) is 0 Å². The molecule has 1 unspecified atom stereocenters. The van der Waals surface area contributed by atoms with Gasteiger partial charge in [-0.2, -0.15) is 0 Å². The molecule has 2 nitrogen and oxygen atoms in total. The molecule has 62 valence electrons. The fourth-order valence-electron chi connectivity index (χ4n) is 1.60. The van der Waals surface area contributed by atoms with Crippen LogP contribution >= 0.6 is 0 Å². The van der Waals surface area contributed by atoms with Gasteiger partial charge in [0.25, 0.3) is 0 Å². The zero-order chi connectivity index (χ0) is 8.60. The van der Waals surface area contributed by atoms with Gasteiger partial charge in [0.05, 0.1) is 0 Å². The summed E-state index contributed by atoms with van der Waals surface area (Å²) in [4.78, 5) is 4.06. The van der Waals surface area contributed by atoms with Crippen LogP contribution in [0.5, 0.6) is 0 Å². The first-order chi connectivity index (χ1) is 5.70. The lowest BCUT2D eigenvalue weighted by atomic mass is 9.83. The SMILES string of the molecule is CC1(N)CC=Cc2cnccc21. The Kier molecular flexibility index (Phi) is 1.51. The maximum absolute atomic E-state index is 6.11. The lowest BCUT2D eigenvalue weighted by Crippen LogP contribution is -2.34. The van der Waals surface area contributed by atoms with Crippen LogP contribution in [0.25, 0.3) is 6.08 Å². The summed E-state index contributed by atoms with van der Waals surface area (Å²) in [5.41, 5.74) is 8.24. The first-order valence-electron chi connectivity index (χ1n) is 4.10. The standard InChI is InChI=1S/C10H12N2/c1-10(11)5-2-3-8-7-12-6-4-9(8)10/h2-4,6-7H,5,11H2,1H3. The first-order valence-corrected chi connectivity index (χ1v) is 4.10. The minimum atomic E-state index is -0.215. The van der Waals surface area contributed by atoms with Crippen molar-refractivity contribution in [3.8, 4) is 0 Å². The maximum atomic E-state index is 6.11. The molecule has 0 amide bonds. The van der Waals surface area contributed by atoms with E-state index in [0.717, 1.165) is 12.0 Å². The molecule has 1 aliphatic rings. The van der Waals surface area contributed by atoms with Crippen LogP contribution < -0.4 is 5.73 Å². The zero-order valence-electron chi connectivity index (χ0n) is 7.12. The average Bonchev–Trinajstić information content (AvgIpc) is 2.04. The van der Waals surface area contributed by atoms with Crippen molar-refractivity contribution < 1.29 is 0 Å². The molecule has 0 bridgehead atoms. The van der Waals surface area contributed by atoms with Crippen molar-refractivity contribution >= 4 is 6.08 Å². The van der Waals surface area contributed by atoms with Crippen LogP contribution in [-0.2, 0) is 5.54 Å². The molecule has 0 spiro atoms. The van der Waals surface area contributed by atoms with Gasteiger partial charge in [0.15, 0.2) is 0 Å². The van der Waals surface area contributed by atoms with Gasteiger partial charge in [-0.1, -0.05) is 12.2 Å². The quantitative estimate of drug-likeness (QED) is 0.627. The van der Waals surface area contributed by atoms with Crippen molar-refractivity contribution in [3.05, 3.63) is 35.7 Å². The van der Waals surface area contributed by atoms with Crippen molar-refractivity contribution in [3.63, 3.8) is 0 Å². The summed E-state index contributed by atoms with van der Waals surface area (Å²) < 4.78 is 0. The second-order valence-electron chi connectivity index (χ2n) is 3.49. The molecule has 12 heavy (non-hydrogen) atoms. The van der Waals surface area contributed by atoms with Crippen LogP contribution in [0.2, 0.25) is 0 Å². The van der Waals surface area contributed by atoms with E-state index in [1.54, 1.807) is 6.20 Å². The van der Waals surface area contributed by atoms with Crippen molar-refractivity contribution in [1.82, 2.24) is 4.98 Å². The molecule has 0 saturated heterocycles. The normalized spacial score (nSPS) is 26.8. The van der Waals surface area contributed by atoms with E-state index in [0.29, 0.717) is 0 Å². The molecule has 0 radical (unpaired) electrons. The minimum absolute atomic E-state index is 0.215. The van der Waals surface area contributed by atoms with E-state index in [2.05, 4.69) is 24.1 Å². The van der Waals surface area contributed by atoms with Crippen molar-refractivity contribution in [1.29, 1.82) is 0 Å². The van der Waals surface area contributed by atoms with Gasteiger partial charge in [-0.15, -0.1) is 0 Å². The molecule has 1 atom stereocenters. The van der Waals surface area contributed by atoms with Gasteiger partial charge in [0.1, 0.15) is 0 Å². The van der Waals surface area contributed by atoms with Crippen LogP contribution in [0.15, 0.2) is 24.5 Å². The van der Waals surface area contributed by atoms with Crippen molar-refractivity contribution in [2.75, 3.05) is 0 Å². The predicted molar refractivity (Wildman–Crippen MR) is 49.4 cm³/mol. The van der Waals surface area contributed by atoms with Gasteiger partial charge in [-0.05, 0) is 30.5 Å². The Morgan fingerprint density at radius 2 is 2.42 bits per heavy atom. The zero-order valence-corrected chi connectivity index (χ0v) is 7.12. The highest BCUT2D eigenvalue weighted by molar-refractivity contribution is 5.57. The highest BCUT2D eigenvalue weighted by Crippen LogP contribution is 2.29. The number of hydrogen-bond acceptors (Lipinski definition) is 2. The summed E-state index contributed by atoms with van der Waals surface area (Å²) in [6.45, 7) is 2.05. The largest absolute Gasteiger partial charge is 0.321 e. The minimum Gasteiger partial charge on any atom is -0.321 e. The third-order valence-electron chi connectivity index (χ3n) is 2.31. The van der Waals surface area contributed by atoms with Crippen LogP contribution in [0.4, 0.5) is 0 Å². The third kappa shape index (κ3) is 1.04. The Hall–Kier alpha value is -1.15. The Morgan fingerprint density at radius 1 is 1.58 bits per heavy atom. The van der Waals surface area contributed by atoms with Crippen LogP contribution in [0.3, 0.4) is 0 Å². The highest BCUT2D eigenvalue weighted by atomic mass is 14.7. The van der Waals surface area contributed by atoms with Crippen molar-refractivity contribution in [2.24, 2.45) is 5.73 Å². The molecule has 1 aromatic rings. The Morgan fingerprint density at radius 3 is 3.17 bits per heavy atom. The monoisotopic (exact) mass is 160 g/mol. The molecule has 1 heterocycles. The summed E-state index contributed by atoms with van der Waals surface area (Å²) in [5, 5.41) is 0. The second-order valence-corrected chi connectivity index (χ2v) is 3.49. The second kappa shape index (κ2) is 2.42. The Labute approximate surface area is 72.1 Å². The number of rotatable bonds is 0. The van der Waals surface area contributed by atoms with Gasteiger partial charge < -0.3 is 5.73 Å². The molecule has 1 aromatic heterocycles. The summed E-state index contributed by atoms with van der Waals surface area (Å²) >= 11 is 0. The lowest BCUT2D eigenvalue weighted by Gasteiger charge is -2.28. The summed E-state index contributed by atoms with van der Waals surface area (Å²) in [6.07, 6.45) is 8.74. The lowest BCUT2D eigenvalue weighted by molar-refractivity contribution is 0.496. The first kappa shape index (κ1) is 7.50. The van der Waals surface area contributed by atoms with E-state index in [1.807, 2.05) is 12.3 Å². The summed E-state index contributed by atoms with van der Waals surface area (Å²) in [6, 6.07) is 2.00. The topological polar surface area (TPSA) is 38.9 Å². The molecule has 0 fully saturated rings. The molecule has 0 saturated carbocycles. The number of pyridine rings is 1. The molecule has 1 aliphatic carbocycles. The highest BCUT2D eigenvalue weighted by Gasteiger charge is 2.24. The molecular formula is C10H12N2. The Bertz CT molecular complexity index is 326. The van der Waals surface area contributed by atoms with Crippen LogP contribution in [0, 0.1) is 0 Å². The number of aromatic nitrogens is 1. The molecular weight excluding hydrogens is 148 g/mol. The third-order valence-corrected chi connectivity index (χ3v) is 2.31. The van der Waals surface area contributed by atoms with Crippen LogP contribution in [0.1, 0.15) is 24.5 Å². The van der Waals surface area contributed by atoms with E-state index in [4.69, 9.17) is 5.73 Å².